The maximum absolute atomic E-state index is 6.08. The quantitative estimate of drug-likeness (QED) is 0.490. The third-order valence-electron chi connectivity index (χ3n) is 3.46. The van der Waals surface area contributed by atoms with Gasteiger partial charge >= 0.3 is 0 Å². The molecule has 0 radical (unpaired) electrons. The van der Waals surface area contributed by atoms with Crippen LogP contribution in [0, 0.1) is 0 Å². The van der Waals surface area contributed by atoms with Crippen molar-refractivity contribution in [3.63, 3.8) is 0 Å². The zero-order valence-corrected chi connectivity index (χ0v) is 17.4. The molecule has 10 heteroatoms. The minimum absolute atomic E-state index is 0.00362. The molecule has 0 amide bonds. The van der Waals surface area contributed by atoms with Crippen LogP contribution in [0.15, 0.2) is 42.6 Å². The number of alkyl halides is 3. The number of halogens is 5. The molecular formula is C17H12Cl5N5. The highest BCUT2D eigenvalue weighted by atomic mass is 35.6. The van der Waals surface area contributed by atoms with Crippen LogP contribution in [0.25, 0.3) is 11.4 Å². The summed E-state index contributed by atoms with van der Waals surface area (Å²) in [5.41, 5.74) is 1.56. The lowest BCUT2D eigenvalue weighted by Gasteiger charge is -2.13. The number of rotatable bonds is 5. The van der Waals surface area contributed by atoms with Gasteiger partial charge in [-0.1, -0.05) is 64.1 Å². The molecule has 140 valence electrons. The summed E-state index contributed by atoms with van der Waals surface area (Å²) in [6, 6.07) is 10.7. The molecule has 0 aliphatic carbocycles. The molecule has 0 bridgehead atoms. The molecule has 0 atom stereocenters. The molecule has 0 spiro atoms. The van der Waals surface area contributed by atoms with Crippen molar-refractivity contribution >= 4 is 64.0 Å². The third-order valence-corrected chi connectivity index (χ3v) is 4.70. The first-order chi connectivity index (χ1) is 12.8. The molecule has 5 nitrogen and oxygen atoms in total. The Hall–Kier alpha value is -1.37. The normalized spacial score (nSPS) is 11.4. The van der Waals surface area contributed by atoms with Gasteiger partial charge in [-0.2, -0.15) is 9.97 Å². The van der Waals surface area contributed by atoms with Gasteiger partial charge in [-0.15, -0.1) is 0 Å². The van der Waals surface area contributed by atoms with Crippen molar-refractivity contribution in [1.29, 1.82) is 0 Å². The minimum Gasteiger partial charge on any atom is -0.354 e. The van der Waals surface area contributed by atoms with E-state index in [2.05, 4.69) is 25.3 Å². The number of nitrogens with zero attached hydrogens (tertiary/aromatic N) is 4. The maximum Gasteiger partial charge on any atom is 0.250 e. The van der Waals surface area contributed by atoms with Gasteiger partial charge in [-0.05, 0) is 30.3 Å². The minimum atomic E-state index is -1.80. The molecule has 0 aliphatic heterocycles. The van der Waals surface area contributed by atoms with E-state index in [0.29, 0.717) is 34.4 Å². The van der Waals surface area contributed by atoms with Crippen LogP contribution in [0.4, 0.5) is 5.95 Å². The van der Waals surface area contributed by atoms with Crippen molar-refractivity contribution in [2.75, 3.05) is 11.9 Å². The van der Waals surface area contributed by atoms with Crippen LogP contribution in [0.1, 0.15) is 11.5 Å². The van der Waals surface area contributed by atoms with Crippen molar-refractivity contribution < 1.29 is 0 Å². The van der Waals surface area contributed by atoms with Crippen molar-refractivity contribution in [2.45, 2.75) is 10.2 Å². The summed E-state index contributed by atoms with van der Waals surface area (Å²) in [7, 11) is 0. The van der Waals surface area contributed by atoms with Crippen LogP contribution in [0.5, 0.6) is 0 Å². The van der Waals surface area contributed by atoms with E-state index in [9.17, 15) is 0 Å². The zero-order valence-electron chi connectivity index (χ0n) is 13.6. The standard InChI is InChI=1S/C17H12Cl5N5/c18-12-5-4-10(9-13(12)19)14-25-15(17(20,21)22)27-16(26-14)24-8-6-11-3-1-2-7-23-11/h1-5,7,9H,6,8H2,(H,24,25,26,27). The van der Waals surface area contributed by atoms with Gasteiger partial charge in [-0.3, -0.25) is 4.98 Å². The fourth-order valence-corrected chi connectivity index (χ4v) is 2.75. The highest BCUT2D eigenvalue weighted by molar-refractivity contribution is 6.66. The second-order valence-corrected chi connectivity index (χ2v) is 8.53. The second-order valence-electron chi connectivity index (χ2n) is 5.43. The van der Waals surface area contributed by atoms with Crippen LogP contribution in [-0.4, -0.2) is 26.5 Å². The van der Waals surface area contributed by atoms with Crippen LogP contribution in [0.2, 0.25) is 10.0 Å². The molecular weight excluding hydrogens is 451 g/mol. The van der Waals surface area contributed by atoms with Crippen molar-refractivity contribution in [3.8, 4) is 11.4 Å². The van der Waals surface area contributed by atoms with E-state index in [4.69, 9.17) is 58.0 Å². The average molecular weight is 464 g/mol. The van der Waals surface area contributed by atoms with Crippen molar-refractivity contribution in [1.82, 2.24) is 19.9 Å². The first-order valence-electron chi connectivity index (χ1n) is 7.75. The van der Waals surface area contributed by atoms with Gasteiger partial charge in [-0.25, -0.2) is 4.98 Å². The van der Waals surface area contributed by atoms with Crippen LogP contribution < -0.4 is 5.32 Å². The summed E-state index contributed by atoms with van der Waals surface area (Å²) in [5.74, 6) is 0.595. The highest BCUT2D eigenvalue weighted by Crippen LogP contribution is 2.37. The van der Waals surface area contributed by atoms with Gasteiger partial charge in [0.25, 0.3) is 0 Å². The monoisotopic (exact) mass is 461 g/mol. The molecule has 0 aliphatic rings. The second kappa shape index (κ2) is 8.76. The van der Waals surface area contributed by atoms with Gasteiger partial charge in [0.2, 0.25) is 9.74 Å². The average Bonchev–Trinajstić information content (AvgIpc) is 2.64. The third kappa shape index (κ3) is 5.56. The largest absolute Gasteiger partial charge is 0.354 e. The molecule has 0 fully saturated rings. The molecule has 0 saturated carbocycles. The van der Waals surface area contributed by atoms with Crippen molar-refractivity contribution in [3.05, 3.63) is 64.2 Å². The summed E-state index contributed by atoms with van der Waals surface area (Å²) in [5, 5.41) is 3.90. The summed E-state index contributed by atoms with van der Waals surface area (Å²) in [4.78, 5) is 17.1. The van der Waals surface area contributed by atoms with Gasteiger partial charge in [0, 0.05) is 30.4 Å². The van der Waals surface area contributed by atoms with Gasteiger partial charge in [0.05, 0.1) is 10.0 Å². The lowest BCUT2D eigenvalue weighted by atomic mass is 10.2. The number of benzene rings is 1. The predicted octanol–water partition coefficient (Wildman–Crippen LogP) is 5.72. The SMILES string of the molecule is Clc1ccc(-c2nc(NCCc3ccccn3)nc(C(Cl)(Cl)Cl)n2)cc1Cl. The highest BCUT2D eigenvalue weighted by Gasteiger charge is 2.28. The molecule has 1 aromatic carbocycles. The summed E-state index contributed by atoms with van der Waals surface area (Å²) in [6.45, 7) is 0.543. The molecule has 3 aromatic rings. The van der Waals surface area contributed by atoms with E-state index < -0.39 is 3.79 Å². The molecule has 0 saturated heterocycles. The zero-order chi connectivity index (χ0) is 19.4. The smallest absolute Gasteiger partial charge is 0.250 e. The lowest BCUT2D eigenvalue weighted by molar-refractivity contribution is 0.894. The number of nitrogens with one attached hydrogen (secondary N) is 1. The van der Waals surface area contributed by atoms with E-state index in [-0.39, 0.29) is 11.8 Å². The molecule has 0 unspecified atom stereocenters. The first kappa shape index (κ1) is 20.4. The summed E-state index contributed by atoms with van der Waals surface area (Å²) >= 11 is 30.0. The Labute approximate surface area is 181 Å². The Morgan fingerprint density at radius 2 is 1.74 bits per heavy atom. The lowest BCUT2D eigenvalue weighted by Crippen LogP contribution is -2.15. The Balaban J connectivity index is 1.87. The summed E-state index contributed by atoms with van der Waals surface area (Å²) < 4.78 is -1.80. The van der Waals surface area contributed by atoms with Gasteiger partial charge < -0.3 is 5.32 Å². The Bertz CT molecular complexity index is 931. The Morgan fingerprint density at radius 1 is 0.926 bits per heavy atom. The number of pyridine rings is 1. The van der Waals surface area contributed by atoms with E-state index >= 15 is 0 Å². The number of aromatic nitrogens is 4. The molecule has 2 aromatic heterocycles. The van der Waals surface area contributed by atoms with Crippen LogP contribution >= 0.6 is 58.0 Å². The Morgan fingerprint density at radius 3 is 2.41 bits per heavy atom. The van der Waals surface area contributed by atoms with Gasteiger partial charge in [0.15, 0.2) is 11.6 Å². The topological polar surface area (TPSA) is 63.6 Å². The van der Waals surface area contributed by atoms with Crippen molar-refractivity contribution in [2.24, 2.45) is 0 Å². The molecule has 3 rings (SSSR count). The van der Waals surface area contributed by atoms with E-state index in [0.717, 1.165) is 5.69 Å². The molecule has 1 N–H and O–H groups in total. The van der Waals surface area contributed by atoms with Crippen LogP contribution in [0.3, 0.4) is 0 Å². The fraction of sp³-hybridized carbons (Fsp3) is 0.176. The maximum atomic E-state index is 6.08. The molecule has 2 heterocycles. The van der Waals surface area contributed by atoms with E-state index in [1.165, 1.54) is 0 Å². The predicted molar refractivity (Wildman–Crippen MR) is 111 cm³/mol. The van der Waals surface area contributed by atoms with Gasteiger partial charge in [0.1, 0.15) is 0 Å². The number of anilines is 1. The van der Waals surface area contributed by atoms with E-state index in [1.807, 2.05) is 18.2 Å². The molecule has 27 heavy (non-hydrogen) atoms. The summed E-state index contributed by atoms with van der Waals surface area (Å²) in [6.07, 6.45) is 2.42. The van der Waals surface area contributed by atoms with Crippen LogP contribution in [-0.2, 0) is 10.2 Å². The number of hydrogen-bond donors (Lipinski definition) is 1. The number of hydrogen-bond acceptors (Lipinski definition) is 5. The first-order valence-corrected chi connectivity index (χ1v) is 9.64. The Kier molecular flexibility index (Phi) is 6.61. The fourth-order valence-electron chi connectivity index (χ4n) is 2.19. The van der Waals surface area contributed by atoms with E-state index in [1.54, 1.807) is 24.4 Å².